The number of benzene rings is 1. The van der Waals surface area contributed by atoms with Crippen molar-refractivity contribution < 1.29 is 4.79 Å². The molecule has 0 unspecified atom stereocenters. The normalized spacial score (nSPS) is 10.1. The highest BCUT2D eigenvalue weighted by molar-refractivity contribution is 9.10. The lowest BCUT2D eigenvalue weighted by atomic mass is 10.2. The monoisotopic (exact) mass is 343 g/mol. The van der Waals surface area contributed by atoms with E-state index in [1.807, 2.05) is 32.0 Å². The Labute approximate surface area is 127 Å². The highest BCUT2D eigenvalue weighted by Gasteiger charge is 2.11. The van der Waals surface area contributed by atoms with Gasteiger partial charge in [-0.1, -0.05) is 28.1 Å². The summed E-state index contributed by atoms with van der Waals surface area (Å²) in [6.45, 7) is 5.57. The van der Waals surface area contributed by atoms with Gasteiger partial charge in [0.15, 0.2) is 0 Å². The molecule has 0 fully saturated rings. The molecule has 19 heavy (non-hydrogen) atoms. The lowest BCUT2D eigenvalue weighted by molar-refractivity contribution is -0.128. The van der Waals surface area contributed by atoms with Gasteiger partial charge in [0.2, 0.25) is 5.91 Å². The molecule has 0 heterocycles. The van der Waals surface area contributed by atoms with E-state index in [9.17, 15) is 4.79 Å². The second kappa shape index (κ2) is 7.45. The summed E-state index contributed by atoms with van der Waals surface area (Å²) in [7, 11) is 0. The van der Waals surface area contributed by atoms with Gasteiger partial charge >= 0.3 is 0 Å². The van der Waals surface area contributed by atoms with E-state index in [0.717, 1.165) is 15.7 Å². The van der Waals surface area contributed by atoms with E-state index in [1.165, 1.54) is 0 Å². The fourth-order valence-corrected chi connectivity index (χ4v) is 2.26. The summed E-state index contributed by atoms with van der Waals surface area (Å²) >= 11 is 8.38. The lowest BCUT2D eigenvalue weighted by Crippen LogP contribution is -2.35. The minimum atomic E-state index is 0.0572. The minimum Gasteiger partial charge on any atom is -0.389 e. The first kappa shape index (κ1) is 15.9. The Morgan fingerprint density at radius 1 is 1.42 bits per heavy atom. The SMILES string of the molecule is CCN(CC)C(=O)CNc1ccc(Br)cc1C(N)=S. The lowest BCUT2D eigenvalue weighted by Gasteiger charge is -2.19. The van der Waals surface area contributed by atoms with Crippen LogP contribution in [0.3, 0.4) is 0 Å². The van der Waals surface area contributed by atoms with Crippen LogP contribution >= 0.6 is 28.1 Å². The first-order valence-corrected chi connectivity index (χ1v) is 7.30. The average Bonchev–Trinajstić information content (AvgIpc) is 2.38. The van der Waals surface area contributed by atoms with Crippen molar-refractivity contribution in [1.29, 1.82) is 0 Å². The Hall–Kier alpha value is -1.14. The van der Waals surface area contributed by atoms with Crippen molar-refractivity contribution in [3.05, 3.63) is 28.2 Å². The van der Waals surface area contributed by atoms with Crippen molar-refractivity contribution in [2.75, 3.05) is 25.0 Å². The summed E-state index contributed by atoms with van der Waals surface area (Å²) in [5.41, 5.74) is 7.18. The van der Waals surface area contributed by atoms with E-state index in [1.54, 1.807) is 4.90 Å². The number of carbonyl (C=O) groups excluding carboxylic acids is 1. The topological polar surface area (TPSA) is 58.4 Å². The van der Waals surface area contributed by atoms with Crippen LogP contribution in [-0.4, -0.2) is 35.4 Å². The molecule has 6 heteroatoms. The number of rotatable bonds is 6. The number of nitrogens with two attached hydrogens (primary N) is 1. The second-order valence-corrected chi connectivity index (χ2v) is 5.33. The summed E-state index contributed by atoms with van der Waals surface area (Å²) in [6.07, 6.45) is 0. The number of thiocarbonyl (C=S) groups is 1. The van der Waals surface area contributed by atoms with Gasteiger partial charge in [0.25, 0.3) is 0 Å². The smallest absolute Gasteiger partial charge is 0.241 e. The number of nitrogens with zero attached hydrogens (tertiary/aromatic N) is 1. The third kappa shape index (κ3) is 4.47. The molecule has 1 aromatic rings. The zero-order chi connectivity index (χ0) is 14.4. The number of halogens is 1. The van der Waals surface area contributed by atoms with Crippen LogP contribution in [0.2, 0.25) is 0 Å². The number of likely N-dealkylation sites (N-methyl/N-ethyl adjacent to an activating group) is 1. The molecule has 0 aliphatic heterocycles. The molecule has 1 aromatic carbocycles. The van der Waals surface area contributed by atoms with Crippen molar-refractivity contribution in [2.24, 2.45) is 5.73 Å². The van der Waals surface area contributed by atoms with Gasteiger partial charge < -0.3 is 16.0 Å². The van der Waals surface area contributed by atoms with Crippen LogP contribution in [-0.2, 0) is 4.79 Å². The van der Waals surface area contributed by atoms with E-state index in [-0.39, 0.29) is 12.5 Å². The Kier molecular flexibility index (Phi) is 6.24. The highest BCUT2D eigenvalue weighted by atomic mass is 79.9. The Morgan fingerprint density at radius 2 is 2.05 bits per heavy atom. The van der Waals surface area contributed by atoms with Crippen molar-refractivity contribution in [3.63, 3.8) is 0 Å². The minimum absolute atomic E-state index is 0.0572. The molecule has 0 bridgehead atoms. The maximum atomic E-state index is 11.9. The molecule has 0 saturated heterocycles. The average molecular weight is 344 g/mol. The zero-order valence-electron chi connectivity index (χ0n) is 11.1. The largest absolute Gasteiger partial charge is 0.389 e. The third-order valence-electron chi connectivity index (χ3n) is 2.79. The van der Waals surface area contributed by atoms with Gasteiger partial charge in [-0.05, 0) is 32.0 Å². The summed E-state index contributed by atoms with van der Waals surface area (Å²) < 4.78 is 0.899. The number of hydrogen-bond acceptors (Lipinski definition) is 3. The van der Waals surface area contributed by atoms with Crippen LogP contribution in [0, 0.1) is 0 Å². The van der Waals surface area contributed by atoms with Crippen LogP contribution in [0.15, 0.2) is 22.7 Å². The predicted octanol–water partition coefficient (Wildman–Crippen LogP) is 2.36. The fraction of sp³-hybridized carbons (Fsp3) is 0.385. The van der Waals surface area contributed by atoms with Crippen LogP contribution in [0.25, 0.3) is 0 Å². The summed E-state index contributed by atoms with van der Waals surface area (Å²) in [4.78, 5) is 14.0. The molecule has 0 aliphatic rings. The van der Waals surface area contributed by atoms with Gasteiger partial charge in [0.1, 0.15) is 4.99 Å². The number of amides is 1. The number of hydrogen-bond donors (Lipinski definition) is 2. The first-order valence-electron chi connectivity index (χ1n) is 6.10. The maximum absolute atomic E-state index is 11.9. The van der Waals surface area contributed by atoms with Gasteiger partial charge in [0, 0.05) is 28.8 Å². The number of nitrogens with one attached hydrogen (secondary N) is 1. The van der Waals surface area contributed by atoms with Crippen molar-refractivity contribution in [3.8, 4) is 0 Å². The zero-order valence-corrected chi connectivity index (χ0v) is 13.5. The molecular formula is C13H18BrN3OS. The molecular weight excluding hydrogens is 326 g/mol. The Morgan fingerprint density at radius 3 is 2.58 bits per heavy atom. The van der Waals surface area contributed by atoms with E-state index in [4.69, 9.17) is 18.0 Å². The standard InChI is InChI=1S/C13H18BrN3OS/c1-3-17(4-2)12(18)8-16-11-6-5-9(14)7-10(11)13(15)19/h5-7,16H,3-4,8H2,1-2H3,(H2,15,19). The van der Waals surface area contributed by atoms with E-state index < -0.39 is 0 Å². The van der Waals surface area contributed by atoms with Gasteiger partial charge in [-0.15, -0.1) is 0 Å². The molecule has 4 nitrogen and oxygen atoms in total. The van der Waals surface area contributed by atoms with E-state index >= 15 is 0 Å². The van der Waals surface area contributed by atoms with Gasteiger partial charge in [0.05, 0.1) is 6.54 Å². The van der Waals surface area contributed by atoms with E-state index in [0.29, 0.717) is 18.1 Å². The first-order chi connectivity index (χ1) is 8.99. The number of carbonyl (C=O) groups is 1. The van der Waals surface area contributed by atoms with Crippen LogP contribution in [0.4, 0.5) is 5.69 Å². The summed E-state index contributed by atoms with van der Waals surface area (Å²) in [6, 6.07) is 5.58. The van der Waals surface area contributed by atoms with Gasteiger partial charge in [-0.25, -0.2) is 0 Å². The molecule has 1 amide bonds. The summed E-state index contributed by atoms with van der Waals surface area (Å²) in [5, 5.41) is 3.09. The van der Waals surface area contributed by atoms with Gasteiger partial charge in [-0.2, -0.15) is 0 Å². The number of anilines is 1. The van der Waals surface area contributed by atoms with Crippen molar-refractivity contribution in [2.45, 2.75) is 13.8 Å². The molecule has 0 saturated carbocycles. The molecule has 1 rings (SSSR count). The van der Waals surface area contributed by atoms with E-state index in [2.05, 4.69) is 21.2 Å². The molecule has 3 N–H and O–H groups in total. The maximum Gasteiger partial charge on any atom is 0.241 e. The van der Waals surface area contributed by atoms with Crippen LogP contribution < -0.4 is 11.1 Å². The molecule has 0 spiro atoms. The Bertz CT molecular complexity index is 475. The van der Waals surface area contributed by atoms with Crippen LogP contribution in [0.1, 0.15) is 19.4 Å². The molecule has 0 radical (unpaired) electrons. The second-order valence-electron chi connectivity index (χ2n) is 3.97. The molecule has 0 aliphatic carbocycles. The quantitative estimate of drug-likeness (QED) is 0.778. The van der Waals surface area contributed by atoms with Crippen LogP contribution in [0.5, 0.6) is 0 Å². The molecule has 0 atom stereocenters. The highest BCUT2D eigenvalue weighted by Crippen LogP contribution is 2.20. The third-order valence-corrected chi connectivity index (χ3v) is 3.51. The van der Waals surface area contributed by atoms with Gasteiger partial charge in [-0.3, -0.25) is 4.79 Å². The van der Waals surface area contributed by atoms with Crippen molar-refractivity contribution in [1.82, 2.24) is 4.90 Å². The molecule has 104 valence electrons. The molecule has 0 aromatic heterocycles. The van der Waals surface area contributed by atoms with Crippen molar-refractivity contribution >= 4 is 44.7 Å². The Balaban J connectivity index is 2.78. The summed E-state index contributed by atoms with van der Waals surface area (Å²) in [5.74, 6) is 0.0572. The fourth-order valence-electron chi connectivity index (χ4n) is 1.73. The predicted molar refractivity (Wildman–Crippen MR) is 86.4 cm³/mol.